The second kappa shape index (κ2) is 7.69. The largest absolute Gasteiger partial charge is 0.411 e. The molecule has 1 aliphatic rings. The maximum Gasteiger partial charge on any atom is 0.411 e. The molecule has 0 radical (unpaired) electrons. The molecule has 0 unspecified atom stereocenters. The van der Waals surface area contributed by atoms with Crippen molar-refractivity contribution >= 4 is 5.91 Å². The number of hydrogen-bond acceptors (Lipinski definition) is 3. The Hall–Kier alpha value is -0.820. The van der Waals surface area contributed by atoms with Crippen molar-refractivity contribution in [3.8, 4) is 0 Å². The van der Waals surface area contributed by atoms with Gasteiger partial charge in [0, 0.05) is 19.1 Å². The topological polar surface area (TPSA) is 41.6 Å². The van der Waals surface area contributed by atoms with Crippen LogP contribution in [0.2, 0.25) is 0 Å². The Bertz CT molecular complexity index is 277. The number of alkyl halides is 3. The fourth-order valence-corrected chi connectivity index (χ4v) is 2.15. The van der Waals surface area contributed by atoms with E-state index in [-0.39, 0.29) is 6.04 Å². The van der Waals surface area contributed by atoms with Crippen LogP contribution in [0.25, 0.3) is 0 Å². The van der Waals surface area contributed by atoms with Gasteiger partial charge in [0.15, 0.2) is 0 Å². The highest BCUT2D eigenvalue weighted by atomic mass is 19.4. The Morgan fingerprint density at radius 2 is 2.00 bits per heavy atom. The van der Waals surface area contributed by atoms with E-state index in [2.05, 4.69) is 21.9 Å². The third kappa shape index (κ3) is 7.37. The minimum atomic E-state index is -4.38. The average molecular weight is 282 g/mol. The van der Waals surface area contributed by atoms with Crippen LogP contribution in [0.15, 0.2) is 0 Å². The van der Waals surface area contributed by atoms with Crippen molar-refractivity contribution in [3.05, 3.63) is 0 Å². The monoisotopic (exact) mass is 282 g/mol. The lowest BCUT2D eigenvalue weighted by Crippen LogP contribution is -2.45. The molecule has 7 heteroatoms. The summed E-state index contributed by atoms with van der Waals surface area (Å²) in [5.74, 6) is -0.474. The van der Waals surface area contributed by atoms with Crippen LogP contribution in [-0.2, 0) is 9.53 Å². The molecule has 0 saturated carbocycles. The van der Waals surface area contributed by atoms with Crippen LogP contribution >= 0.6 is 0 Å². The van der Waals surface area contributed by atoms with Crippen LogP contribution in [-0.4, -0.2) is 55.9 Å². The zero-order valence-electron chi connectivity index (χ0n) is 11.1. The predicted octanol–water partition coefficient (Wildman–Crippen LogP) is 1.56. The number of likely N-dealkylation sites (tertiary alicyclic amines) is 1. The van der Waals surface area contributed by atoms with Gasteiger partial charge in [-0.2, -0.15) is 13.2 Å². The summed E-state index contributed by atoms with van der Waals surface area (Å²) in [7, 11) is 0. The second-order valence-corrected chi connectivity index (χ2v) is 4.79. The molecule has 1 rings (SSSR count). The zero-order valence-corrected chi connectivity index (χ0v) is 11.1. The van der Waals surface area contributed by atoms with Crippen molar-refractivity contribution in [1.29, 1.82) is 0 Å². The molecule has 112 valence electrons. The SMILES string of the molecule is CCCN1CCC(NC(=O)COCC(F)(F)F)CC1. The highest BCUT2D eigenvalue weighted by Gasteiger charge is 2.28. The molecule has 1 fully saturated rings. The van der Waals surface area contributed by atoms with Crippen molar-refractivity contribution < 1.29 is 22.7 Å². The van der Waals surface area contributed by atoms with Gasteiger partial charge >= 0.3 is 6.18 Å². The summed E-state index contributed by atoms with van der Waals surface area (Å²) in [5.41, 5.74) is 0. The summed E-state index contributed by atoms with van der Waals surface area (Å²) < 4.78 is 39.8. The maximum absolute atomic E-state index is 11.8. The molecule has 1 saturated heterocycles. The first-order valence-corrected chi connectivity index (χ1v) is 6.57. The van der Waals surface area contributed by atoms with E-state index < -0.39 is 25.3 Å². The second-order valence-electron chi connectivity index (χ2n) is 4.79. The molecule has 0 spiro atoms. The minimum Gasteiger partial charge on any atom is -0.362 e. The van der Waals surface area contributed by atoms with E-state index in [1.807, 2.05) is 0 Å². The first kappa shape index (κ1) is 16.2. The van der Waals surface area contributed by atoms with Crippen LogP contribution in [0.4, 0.5) is 13.2 Å². The smallest absolute Gasteiger partial charge is 0.362 e. The molecule has 0 atom stereocenters. The van der Waals surface area contributed by atoms with Crippen LogP contribution in [0.3, 0.4) is 0 Å². The quantitative estimate of drug-likeness (QED) is 0.804. The van der Waals surface area contributed by atoms with E-state index in [9.17, 15) is 18.0 Å². The summed E-state index contributed by atoms with van der Waals surface area (Å²) in [4.78, 5) is 13.7. The molecular weight excluding hydrogens is 261 g/mol. The molecule has 1 amide bonds. The van der Waals surface area contributed by atoms with Gasteiger partial charge in [0.05, 0.1) is 0 Å². The Morgan fingerprint density at radius 3 is 2.53 bits per heavy atom. The van der Waals surface area contributed by atoms with E-state index in [0.717, 1.165) is 38.9 Å². The number of hydrogen-bond donors (Lipinski definition) is 1. The van der Waals surface area contributed by atoms with Crippen molar-refractivity contribution in [2.45, 2.75) is 38.4 Å². The molecule has 0 bridgehead atoms. The Labute approximate surface area is 111 Å². The number of halogens is 3. The van der Waals surface area contributed by atoms with Crippen molar-refractivity contribution in [2.75, 3.05) is 32.8 Å². The number of amides is 1. The molecule has 0 aromatic heterocycles. The average Bonchev–Trinajstić information content (AvgIpc) is 2.30. The summed E-state index contributed by atoms with van der Waals surface area (Å²) in [6.45, 7) is 3.09. The summed E-state index contributed by atoms with van der Waals surface area (Å²) in [6, 6.07) is 0.0510. The number of nitrogens with zero attached hydrogens (tertiary/aromatic N) is 1. The molecule has 0 aromatic rings. The van der Waals surface area contributed by atoms with Gasteiger partial charge < -0.3 is 15.0 Å². The summed E-state index contributed by atoms with van der Waals surface area (Å²) in [5, 5.41) is 2.71. The van der Waals surface area contributed by atoms with Gasteiger partial charge in [-0.1, -0.05) is 6.92 Å². The molecule has 1 aliphatic heterocycles. The molecule has 19 heavy (non-hydrogen) atoms. The van der Waals surface area contributed by atoms with Crippen LogP contribution in [0, 0.1) is 0 Å². The fourth-order valence-electron chi connectivity index (χ4n) is 2.15. The third-order valence-electron chi connectivity index (χ3n) is 2.99. The van der Waals surface area contributed by atoms with E-state index in [4.69, 9.17) is 0 Å². The molecular formula is C12H21F3N2O2. The zero-order chi connectivity index (χ0) is 14.3. The maximum atomic E-state index is 11.8. The molecule has 0 aromatic carbocycles. The Kier molecular flexibility index (Phi) is 6.57. The van der Waals surface area contributed by atoms with Gasteiger partial charge in [-0.25, -0.2) is 0 Å². The van der Waals surface area contributed by atoms with Gasteiger partial charge in [0.2, 0.25) is 5.91 Å². The number of nitrogens with one attached hydrogen (secondary N) is 1. The van der Waals surface area contributed by atoms with Gasteiger partial charge in [0.25, 0.3) is 0 Å². The first-order chi connectivity index (χ1) is 8.90. The van der Waals surface area contributed by atoms with E-state index in [0.29, 0.717) is 0 Å². The number of carbonyl (C=O) groups excluding carboxylic acids is 1. The molecule has 1 heterocycles. The van der Waals surface area contributed by atoms with E-state index in [1.165, 1.54) is 0 Å². The lowest BCUT2D eigenvalue weighted by molar-refractivity contribution is -0.175. The lowest BCUT2D eigenvalue weighted by atomic mass is 10.0. The number of rotatable bonds is 6. The number of carbonyl (C=O) groups is 1. The summed E-state index contributed by atoms with van der Waals surface area (Å²) in [6.07, 6.45) is -1.61. The normalized spacial score (nSPS) is 18.5. The van der Waals surface area contributed by atoms with E-state index in [1.54, 1.807) is 0 Å². The standard InChI is InChI=1S/C12H21F3N2O2/c1-2-5-17-6-3-10(4-7-17)16-11(18)8-19-9-12(13,14)15/h10H,2-9H2,1H3,(H,16,18). The molecule has 4 nitrogen and oxygen atoms in total. The van der Waals surface area contributed by atoms with Crippen LogP contribution < -0.4 is 5.32 Å². The first-order valence-electron chi connectivity index (χ1n) is 6.57. The van der Waals surface area contributed by atoms with Gasteiger partial charge in [-0.15, -0.1) is 0 Å². The van der Waals surface area contributed by atoms with Crippen molar-refractivity contribution in [2.24, 2.45) is 0 Å². The lowest BCUT2D eigenvalue weighted by Gasteiger charge is -2.32. The molecule has 1 N–H and O–H groups in total. The third-order valence-corrected chi connectivity index (χ3v) is 2.99. The van der Waals surface area contributed by atoms with Gasteiger partial charge in [-0.3, -0.25) is 4.79 Å². The minimum absolute atomic E-state index is 0.0510. The highest BCUT2D eigenvalue weighted by molar-refractivity contribution is 5.77. The predicted molar refractivity (Wildman–Crippen MR) is 64.8 cm³/mol. The summed E-state index contributed by atoms with van der Waals surface area (Å²) >= 11 is 0. The number of piperidine rings is 1. The Balaban J connectivity index is 2.13. The van der Waals surface area contributed by atoms with E-state index >= 15 is 0 Å². The number of ether oxygens (including phenoxy) is 1. The van der Waals surface area contributed by atoms with Gasteiger partial charge in [0.1, 0.15) is 13.2 Å². The van der Waals surface area contributed by atoms with Gasteiger partial charge in [-0.05, 0) is 25.8 Å². The van der Waals surface area contributed by atoms with Crippen LogP contribution in [0.5, 0.6) is 0 Å². The van der Waals surface area contributed by atoms with Crippen molar-refractivity contribution in [3.63, 3.8) is 0 Å². The van der Waals surface area contributed by atoms with Crippen molar-refractivity contribution in [1.82, 2.24) is 10.2 Å². The van der Waals surface area contributed by atoms with Crippen LogP contribution in [0.1, 0.15) is 26.2 Å². The fraction of sp³-hybridized carbons (Fsp3) is 0.917. The highest BCUT2D eigenvalue weighted by Crippen LogP contribution is 2.14. The Morgan fingerprint density at radius 1 is 1.37 bits per heavy atom. The molecule has 0 aliphatic carbocycles.